The standard InChI is InChI=1S/C26H33ClNO3.HI/c1-3-4-5-6-7-12-26(29)30-18-28(2)16-22-20-10-8-9-11-24(20)31-25-14-13-19(27)15-21(25)23(22)17-28;/h8-11,13-15,22-23H,3-7,12,16-18H2,1-2H3;1H/q+1;/p-1. The molecule has 0 amide bonds. The lowest BCUT2D eigenvalue weighted by Gasteiger charge is -2.29. The van der Waals surface area contributed by atoms with Crippen molar-refractivity contribution in [3.8, 4) is 11.5 Å². The van der Waals surface area contributed by atoms with Gasteiger partial charge in [-0.05, 0) is 30.7 Å². The Morgan fingerprint density at radius 3 is 2.50 bits per heavy atom. The SMILES string of the molecule is CCCCCCCC(=O)OC[N+]1(C)CC2c3ccccc3Oc3ccc(Cl)cc3C2C1.[I-]. The molecule has 2 heterocycles. The van der Waals surface area contributed by atoms with Crippen LogP contribution in [0, 0.1) is 0 Å². The van der Waals surface area contributed by atoms with E-state index in [-0.39, 0.29) is 35.9 Å². The normalized spacial score (nSPS) is 23.1. The molecule has 2 aliphatic rings. The summed E-state index contributed by atoms with van der Waals surface area (Å²) < 4.78 is 12.7. The first-order valence-corrected chi connectivity index (χ1v) is 11.9. The summed E-state index contributed by atoms with van der Waals surface area (Å²) >= 11 is 6.36. The summed E-state index contributed by atoms with van der Waals surface area (Å²) in [6.45, 7) is 4.41. The highest BCUT2D eigenvalue weighted by atomic mass is 127. The predicted octanol–water partition coefficient (Wildman–Crippen LogP) is 3.64. The summed E-state index contributed by atoms with van der Waals surface area (Å²) in [5.74, 6) is 2.29. The predicted molar refractivity (Wildman–Crippen MR) is 124 cm³/mol. The highest BCUT2D eigenvalue weighted by molar-refractivity contribution is 6.30. The molecule has 4 rings (SSSR count). The molecule has 3 atom stereocenters. The molecule has 1 saturated heterocycles. The van der Waals surface area contributed by atoms with Gasteiger partial charge in [0.2, 0.25) is 6.73 Å². The van der Waals surface area contributed by atoms with Crippen LogP contribution >= 0.6 is 11.6 Å². The Bertz CT molecular complexity index is 937. The van der Waals surface area contributed by atoms with Crippen molar-refractivity contribution in [2.75, 3.05) is 26.9 Å². The molecule has 2 aliphatic heterocycles. The highest BCUT2D eigenvalue weighted by Gasteiger charge is 2.48. The highest BCUT2D eigenvalue weighted by Crippen LogP contribution is 2.51. The van der Waals surface area contributed by atoms with Crippen LogP contribution in [0.4, 0.5) is 0 Å². The fourth-order valence-electron chi connectivity index (χ4n) is 5.09. The van der Waals surface area contributed by atoms with Crippen LogP contribution in [0.3, 0.4) is 0 Å². The van der Waals surface area contributed by atoms with E-state index < -0.39 is 0 Å². The molecule has 0 aliphatic carbocycles. The first-order valence-electron chi connectivity index (χ1n) is 11.5. The van der Waals surface area contributed by atoms with Crippen LogP contribution in [0.15, 0.2) is 42.5 Å². The number of unbranched alkanes of at least 4 members (excludes halogenated alkanes) is 4. The van der Waals surface area contributed by atoms with Gasteiger partial charge in [0.15, 0.2) is 0 Å². The second-order valence-corrected chi connectivity index (χ2v) is 9.77. The van der Waals surface area contributed by atoms with Crippen molar-refractivity contribution in [1.29, 1.82) is 0 Å². The van der Waals surface area contributed by atoms with E-state index in [0.717, 1.165) is 48.0 Å². The number of benzene rings is 2. The maximum Gasteiger partial charge on any atom is 0.310 e. The minimum Gasteiger partial charge on any atom is -1.00 e. The minimum absolute atomic E-state index is 0. The van der Waals surface area contributed by atoms with Gasteiger partial charge >= 0.3 is 5.97 Å². The third kappa shape index (κ3) is 5.78. The number of carbonyl (C=O) groups excluding carboxylic acids is 1. The van der Waals surface area contributed by atoms with E-state index in [9.17, 15) is 4.79 Å². The molecule has 174 valence electrons. The minimum atomic E-state index is -0.0740. The Hall–Kier alpha value is -1.31. The van der Waals surface area contributed by atoms with Gasteiger partial charge in [0.25, 0.3) is 0 Å². The largest absolute Gasteiger partial charge is 1.00 e. The van der Waals surface area contributed by atoms with Gasteiger partial charge in [-0.2, -0.15) is 0 Å². The number of para-hydroxylation sites is 1. The van der Waals surface area contributed by atoms with E-state index in [0.29, 0.717) is 23.6 Å². The number of likely N-dealkylation sites (N-methyl/N-ethyl adjacent to an activating group) is 1. The van der Waals surface area contributed by atoms with Gasteiger partial charge in [0.1, 0.15) is 11.5 Å². The molecule has 3 unspecified atom stereocenters. The van der Waals surface area contributed by atoms with E-state index in [1.807, 2.05) is 30.3 Å². The summed E-state index contributed by atoms with van der Waals surface area (Å²) in [5, 5.41) is 0.725. The van der Waals surface area contributed by atoms with Gasteiger partial charge in [-0.3, -0.25) is 9.28 Å². The zero-order valence-corrected chi connectivity index (χ0v) is 21.9. The van der Waals surface area contributed by atoms with Crippen molar-refractivity contribution in [2.45, 2.75) is 57.3 Å². The van der Waals surface area contributed by atoms with Crippen molar-refractivity contribution in [3.05, 3.63) is 58.6 Å². The van der Waals surface area contributed by atoms with E-state index in [4.69, 9.17) is 21.1 Å². The van der Waals surface area contributed by atoms with Crippen LogP contribution in [0.5, 0.6) is 11.5 Å². The average Bonchev–Trinajstić information content (AvgIpc) is 3.06. The third-order valence-electron chi connectivity index (χ3n) is 6.69. The number of nitrogens with zero attached hydrogens (tertiary/aromatic N) is 1. The van der Waals surface area contributed by atoms with Crippen LogP contribution < -0.4 is 28.7 Å². The quantitative estimate of drug-likeness (QED) is 0.211. The van der Waals surface area contributed by atoms with Crippen molar-refractivity contribution in [2.24, 2.45) is 0 Å². The number of hydrogen-bond donors (Lipinski definition) is 0. The van der Waals surface area contributed by atoms with Gasteiger partial charge in [-0.25, -0.2) is 0 Å². The van der Waals surface area contributed by atoms with E-state index >= 15 is 0 Å². The first-order chi connectivity index (χ1) is 15.0. The molecule has 32 heavy (non-hydrogen) atoms. The zero-order valence-electron chi connectivity index (χ0n) is 19.0. The van der Waals surface area contributed by atoms with Crippen molar-refractivity contribution >= 4 is 17.6 Å². The number of hydrogen-bond acceptors (Lipinski definition) is 3. The molecule has 0 aromatic heterocycles. The topological polar surface area (TPSA) is 35.5 Å². The lowest BCUT2D eigenvalue weighted by atomic mass is 9.84. The molecule has 0 radical (unpaired) electrons. The van der Waals surface area contributed by atoms with Crippen molar-refractivity contribution < 1.29 is 42.7 Å². The molecular weight excluding hydrogens is 537 g/mol. The number of quaternary nitrogens is 1. The van der Waals surface area contributed by atoms with Gasteiger partial charge in [-0.1, -0.05) is 62.4 Å². The van der Waals surface area contributed by atoms with Crippen molar-refractivity contribution in [3.63, 3.8) is 0 Å². The molecule has 0 N–H and O–H groups in total. The molecule has 0 saturated carbocycles. The second kappa shape index (κ2) is 11.2. The van der Waals surface area contributed by atoms with Gasteiger partial charge in [0.05, 0.1) is 20.1 Å². The fraction of sp³-hybridized carbons (Fsp3) is 0.500. The first kappa shape index (κ1) is 25.3. The van der Waals surface area contributed by atoms with Crippen LogP contribution in [-0.2, 0) is 9.53 Å². The average molecular weight is 570 g/mol. The number of carbonyl (C=O) groups is 1. The summed E-state index contributed by atoms with van der Waals surface area (Å²) in [5.41, 5.74) is 2.38. The Morgan fingerprint density at radius 1 is 1.03 bits per heavy atom. The number of esters is 1. The Labute approximate surface area is 213 Å². The number of fused-ring (bicyclic) bond motifs is 5. The molecule has 6 heteroatoms. The Morgan fingerprint density at radius 2 is 1.72 bits per heavy atom. The maximum atomic E-state index is 12.3. The monoisotopic (exact) mass is 569 g/mol. The van der Waals surface area contributed by atoms with E-state index in [2.05, 4.69) is 26.1 Å². The Balaban J connectivity index is 0.00000289. The Kier molecular flexibility index (Phi) is 8.87. The van der Waals surface area contributed by atoms with E-state index in [1.165, 1.54) is 24.8 Å². The molecule has 1 fully saturated rings. The summed E-state index contributed by atoms with van der Waals surface area (Å²) in [4.78, 5) is 12.3. The smallest absolute Gasteiger partial charge is 0.310 e. The van der Waals surface area contributed by atoms with Gasteiger partial charge < -0.3 is 33.5 Å². The second-order valence-electron chi connectivity index (χ2n) is 9.33. The molecule has 2 aromatic carbocycles. The van der Waals surface area contributed by atoms with Gasteiger partial charge in [0, 0.05) is 34.4 Å². The number of likely N-dealkylation sites (tertiary alicyclic amines) is 1. The lowest BCUT2D eigenvalue weighted by Crippen LogP contribution is -3.00. The third-order valence-corrected chi connectivity index (χ3v) is 6.93. The van der Waals surface area contributed by atoms with Gasteiger partial charge in [-0.15, -0.1) is 0 Å². The molecular formula is C26H33ClINO3. The van der Waals surface area contributed by atoms with Crippen LogP contribution in [0.1, 0.15) is 68.4 Å². The van der Waals surface area contributed by atoms with E-state index in [1.54, 1.807) is 0 Å². The molecule has 4 nitrogen and oxygen atoms in total. The van der Waals surface area contributed by atoms with Crippen molar-refractivity contribution in [1.82, 2.24) is 0 Å². The number of rotatable bonds is 8. The summed E-state index contributed by atoms with van der Waals surface area (Å²) in [7, 11) is 2.19. The fourth-order valence-corrected chi connectivity index (χ4v) is 5.27. The van der Waals surface area contributed by atoms with Crippen LogP contribution in [0.25, 0.3) is 0 Å². The lowest BCUT2D eigenvalue weighted by molar-refractivity contribution is -0.915. The van der Waals surface area contributed by atoms with Crippen LogP contribution in [-0.4, -0.2) is 37.3 Å². The summed E-state index contributed by atoms with van der Waals surface area (Å²) in [6, 6.07) is 14.2. The molecule has 2 aromatic rings. The number of halogens is 2. The molecule has 0 spiro atoms. The molecule has 0 bridgehead atoms. The summed E-state index contributed by atoms with van der Waals surface area (Å²) in [6.07, 6.45) is 6.20. The number of ether oxygens (including phenoxy) is 2. The maximum absolute atomic E-state index is 12.3. The van der Waals surface area contributed by atoms with Crippen LogP contribution in [0.2, 0.25) is 5.02 Å². The zero-order chi connectivity index (χ0) is 21.8.